The molecule has 2 unspecified atom stereocenters. The molecule has 1 aliphatic heterocycles. The first kappa shape index (κ1) is 12.1. The molecular weight excluding hydrogens is 219 g/mol. The second-order valence-corrected chi connectivity index (χ2v) is 4.74. The molecule has 1 aromatic rings. The zero-order valence-corrected chi connectivity index (χ0v) is 10.6. The predicted molar refractivity (Wildman–Crippen MR) is 66.7 cm³/mol. The van der Waals surface area contributed by atoms with Crippen LogP contribution in [0.1, 0.15) is 27.2 Å². The molecular formula is C12H19FN4. The van der Waals surface area contributed by atoms with Crippen LogP contribution in [0.3, 0.4) is 0 Å². The minimum Gasteiger partial charge on any atom is -0.354 e. The smallest absolute Gasteiger partial charge is 0.224 e. The highest BCUT2D eigenvalue weighted by Crippen LogP contribution is 2.29. The van der Waals surface area contributed by atoms with Gasteiger partial charge in [0.05, 0.1) is 6.20 Å². The fraction of sp³-hybridized carbons (Fsp3) is 0.667. The van der Waals surface area contributed by atoms with Gasteiger partial charge in [-0.1, -0.05) is 6.92 Å². The van der Waals surface area contributed by atoms with Crippen molar-refractivity contribution in [2.45, 2.75) is 33.2 Å². The fourth-order valence-electron chi connectivity index (χ4n) is 2.40. The van der Waals surface area contributed by atoms with Crippen LogP contribution in [0, 0.1) is 11.7 Å². The average molecular weight is 238 g/mol. The van der Waals surface area contributed by atoms with E-state index in [9.17, 15) is 4.39 Å². The molecule has 2 atom stereocenters. The van der Waals surface area contributed by atoms with Crippen LogP contribution in [-0.4, -0.2) is 29.1 Å². The van der Waals surface area contributed by atoms with E-state index in [4.69, 9.17) is 0 Å². The highest BCUT2D eigenvalue weighted by Gasteiger charge is 2.29. The first-order chi connectivity index (χ1) is 8.11. The van der Waals surface area contributed by atoms with E-state index in [0.717, 1.165) is 19.5 Å². The Kier molecular flexibility index (Phi) is 3.45. The Labute approximate surface area is 101 Å². The third-order valence-corrected chi connectivity index (χ3v) is 3.12. The number of hydrogen-bond donors (Lipinski definition) is 1. The predicted octanol–water partition coefficient (Wildman–Crippen LogP) is 2.28. The van der Waals surface area contributed by atoms with Crippen LogP contribution < -0.4 is 10.2 Å². The van der Waals surface area contributed by atoms with E-state index in [-0.39, 0.29) is 5.82 Å². The molecule has 0 aliphatic carbocycles. The van der Waals surface area contributed by atoms with E-state index in [2.05, 4.69) is 29.1 Å². The number of nitrogens with zero attached hydrogens (tertiary/aromatic N) is 3. The van der Waals surface area contributed by atoms with Crippen LogP contribution in [0.4, 0.5) is 16.2 Å². The number of rotatable bonds is 3. The Morgan fingerprint density at radius 1 is 1.53 bits per heavy atom. The Balaban J connectivity index is 2.27. The molecule has 17 heavy (non-hydrogen) atoms. The summed E-state index contributed by atoms with van der Waals surface area (Å²) in [6.45, 7) is 7.85. The van der Waals surface area contributed by atoms with Crippen molar-refractivity contribution in [3.8, 4) is 0 Å². The normalized spacial score (nSPS) is 24.1. The van der Waals surface area contributed by atoms with Gasteiger partial charge in [-0.2, -0.15) is 4.98 Å². The van der Waals surface area contributed by atoms with Crippen LogP contribution in [0.25, 0.3) is 0 Å². The molecule has 4 nitrogen and oxygen atoms in total. The summed E-state index contributed by atoms with van der Waals surface area (Å²) >= 11 is 0. The van der Waals surface area contributed by atoms with E-state index in [1.165, 1.54) is 6.20 Å². The number of halogens is 1. The maximum Gasteiger partial charge on any atom is 0.224 e. The molecule has 0 saturated carbocycles. The van der Waals surface area contributed by atoms with Crippen LogP contribution in [-0.2, 0) is 0 Å². The molecule has 1 aromatic heterocycles. The molecule has 1 fully saturated rings. The van der Waals surface area contributed by atoms with Gasteiger partial charge >= 0.3 is 0 Å². The second-order valence-electron chi connectivity index (χ2n) is 4.74. The fourth-order valence-corrected chi connectivity index (χ4v) is 2.40. The highest BCUT2D eigenvalue weighted by molar-refractivity contribution is 5.45. The second kappa shape index (κ2) is 4.85. The molecule has 2 rings (SSSR count). The third kappa shape index (κ3) is 2.48. The molecule has 0 amide bonds. The molecule has 5 heteroatoms. The maximum atomic E-state index is 13.8. The van der Waals surface area contributed by atoms with E-state index < -0.39 is 0 Å². The average Bonchev–Trinajstić information content (AvgIpc) is 2.61. The summed E-state index contributed by atoms with van der Waals surface area (Å²) in [5, 5.41) is 3.01. The zero-order chi connectivity index (χ0) is 12.4. The van der Waals surface area contributed by atoms with Gasteiger partial charge in [-0.25, -0.2) is 9.37 Å². The summed E-state index contributed by atoms with van der Waals surface area (Å²) in [5.74, 6) is 1.16. The van der Waals surface area contributed by atoms with E-state index in [1.54, 1.807) is 0 Å². The Hall–Kier alpha value is -1.39. The third-order valence-electron chi connectivity index (χ3n) is 3.12. The minimum absolute atomic E-state index is 0.337. The maximum absolute atomic E-state index is 13.8. The molecule has 0 radical (unpaired) electrons. The monoisotopic (exact) mass is 238 g/mol. The Morgan fingerprint density at radius 3 is 2.88 bits per heavy atom. The van der Waals surface area contributed by atoms with Gasteiger partial charge in [-0.05, 0) is 26.2 Å². The van der Waals surface area contributed by atoms with Crippen molar-refractivity contribution >= 4 is 11.8 Å². The van der Waals surface area contributed by atoms with Crippen LogP contribution >= 0.6 is 0 Å². The Bertz CT molecular complexity index is 396. The zero-order valence-electron chi connectivity index (χ0n) is 10.6. The molecule has 94 valence electrons. The van der Waals surface area contributed by atoms with Gasteiger partial charge in [0.15, 0.2) is 11.6 Å². The lowest BCUT2D eigenvalue weighted by Gasteiger charge is -2.23. The summed E-state index contributed by atoms with van der Waals surface area (Å²) in [4.78, 5) is 10.2. The van der Waals surface area contributed by atoms with E-state index in [1.807, 2.05) is 11.8 Å². The number of nitrogens with one attached hydrogen (secondary N) is 1. The van der Waals surface area contributed by atoms with Crippen molar-refractivity contribution in [2.24, 2.45) is 5.92 Å². The lowest BCUT2D eigenvalue weighted by molar-refractivity contribution is 0.598. The first-order valence-electron chi connectivity index (χ1n) is 6.14. The summed E-state index contributed by atoms with van der Waals surface area (Å²) < 4.78 is 13.8. The minimum atomic E-state index is -0.340. The number of aromatic nitrogens is 2. The SMILES string of the molecule is CCNc1ncc(F)c(N2CC(C)CC2C)n1. The van der Waals surface area contributed by atoms with Crippen molar-refractivity contribution < 1.29 is 4.39 Å². The van der Waals surface area contributed by atoms with Gasteiger partial charge in [0.1, 0.15) is 0 Å². The molecule has 2 heterocycles. The number of anilines is 2. The lowest BCUT2D eigenvalue weighted by atomic mass is 10.1. The van der Waals surface area contributed by atoms with Crippen molar-refractivity contribution in [1.82, 2.24) is 9.97 Å². The van der Waals surface area contributed by atoms with E-state index >= 15 is 0 Å². The number of hydrogen-bond acceptors (Lipinski definition) is 4. The van der Waals surface area contributed by atoms with Crippen molar-refractivity contribution in [1.29, 1.82) is 0 Å². The molecule has 0 aromatic carbocycles. The summed E-state index contributed by atoms with van der Waals surface area (Å²) in [5.41, 5.74) is 0. The topological polar surface area (TPSA) is 41.1 Å². The van der Waals surface area contributed by atoms with Crippen molar-refractivity contribution in [3.05, 3.63) is 12.0 Å². The molecule has 0 bridgehead atoms. The highest BCUT2D eigenvalue weighted by atomic mass is 19.1. The van der Waals surface area contributed by atoms with Gasteiger partial charge in [0.2, 0.25) is 5.95 Å². The molecule has 0 spiro atoms. The van der Waals surface area contributed by atoms with Gasteiger partial charge in [-0.15, -0.1) is 0 Å². The molecule has 1 saturated heterocycles. The lowest BCUT2D eigenvalue weighted by Crippen LogP contribution is -2.29. The van der Waals surface area contributed by atoms with Crippen LogP contribution in [0.2, 0.25) is 0 Å². The summed E-state index contributed by atoms with van der Waals surface area (Å²) in [7, 11) is 0. The van der Waals surface area contributed by atoms with Crippen LogP contribution in [0.5, 0.6) is 0 Å². The Morgan fingerprint density at radius 2 is 2.29 bits per heavy atom. The van der Waals surface area contributed by atoms with E-state index in [0.29, 0.717) is 23.7 Å². The molecule has 1 aliphatic rings. The summed E-state index contributed by atoms with van der Waals surface area (Å²) in [6.07, 6.45) is 2.33. The van der Waals surface area contributed by atoms with Gasteiger partial charge in [-0.3, -0.25) is 0 Å². The standard InChI is InChI=1S/C12H19FN4/c1-4-14-12-15-6-10(13)11(16-12)17-7-8(2)5-9(17)3/h6,8-9H,4-5,7H2,1-3H3,(H,14,15,16). The quantitative estimate of drug-likeness (QED) is 0.877. The molecule has 1 N–H and O–H groups in total. The largest absolute Gasteiger partial charge is 0.354 e. The summed E-state index contributed by atoms with van der Waals surface area (Å²) in [6, 6.07) is 0.337. The van der Waals surface area contributed by atoms with Crippen molar-refractivity contribution in [3.63, 3.8) is 0 Å². The van der Waals surface area contributed by atoms with Gasteiger partial charge in [0.25, 0.3) is 0 Å². The first-order valence-corrected chi connectivity index (χ1v) is 6.14. The van der Waals surface area contributed by atoms with Gasteiger partial charge in [0, 0.05) is 19.1 Å². The van der Waals surface area contributed by atoms with Crippen LogP contribution in [0.15, 0.2) is 6.20 Å². The van der Waals surface area contributed by atoms with Gasteiger partial charge < -0.3 is 10.2 Å². The van der Waals surface area contributed by atoms with Crippen molar-refractivity contribution in [2.75, 3.05) is 23.3 Å².